The summed E-state index contributed by atoms with van der Waals surface area (Å²) in [7, 11) is 0. The van der Waals surface area contributed by atoms with Crippen LogP contribution in [0.2, 0.25) is 0 Å². The van der Waals surface area contributed by atoms with E-state index in [4.69, 9.17) is 0 Å². The van der Waals surface area contributed by atoms with Crippen molar-refractivity contribution in [3.05, 3.63) is 0 Å². The van der Waals surface area contributed by atoms with Crippen LogP contribution in [0.15, 0.2) is 0 Å². The third-order valence-corrected chi connectivity index (χ3v) is 3.37. The van der Waals surface area contributed by atoms with E-state index in [1.54, 1.807) is 0 Å². The molecule has 2 atom stereocenters. The van der Waals surface area contributed by atoms with Crippen molar-refractivity contribution >= 4 is 0 Å². The van der Waals surface area contributed by atoms with Gasteiger partial charge in [0, 0.05) is 5.54 Å². The summed E-state index contributed by atoms with van der Waals surface area (Å²) in [5.41, 5.74) is 0.291. The van der Waals surface area contributed by atoms with Gasteiger partial charge in [-0.2, -0.15) is 0 Å². The van der Waals surface area contributed by atoms with Crippen molar-refractivity contribution in [2.24, 2.45) is 11.8 Å². The lowest BCUT2D eigenvalue weighted by Crippen LogP contribution is -2.39. The molecular weight excluding hydrogens is 170 g/mol. The fraction of sp³-hybridized carbons (Fsp3) is 1.00. The van der Waals surface area contributed by atoms with Gasteiger partial charge in [-0.15, -0.1) is 0 Å². The Morgan fingerprint density at radius 1 is 1.14 bits per heavy atom. The summed E-state index contributed by atoms with van der Waals surface area (Å²) in [6.07, 6.45) is 7.19. The zero-order chi connectivity index (χ0) is 10.6. The van der Waals surface area contributed by atoms with Crippen molar-refractivity contribution in [2.75, 3.05) is 6.54 Å². The van der Waals surface area contributed by atoms with Crippen LogP contribution in [0.1, 0.15) is 59.8 Å². The molecule has 1 rings (SSSR count). The molecule has 1 aliphatic carbocycles. The van der Waals surface area contributed by atoms with E-state index in [9.17, 15) is 0 Å². The summed E-state index contributed by atoms with van der Waals surface area (Å²) >= 11 is 0. The first-order chi connectivity index (χ1) is 6.53. The van der Waals surface area contributed by atoms with E-state index in [1.807, 2.05) is 0 Å². The van der Waals surface area contributed by atoms with E-state index < -0.39 is 0 Å². The Kier molecular flexibility index (Phi) is 4.43. The Bertz CT molecular complexity index is 157. The molecule has 0 aromatic rings. The molecule has 84 valence electrons. The van der Waals surface area contributed by atoms with Gasteiger partial charge < -0.3 is 5.32 Å². The van der Waals surface area contributed by atoms with Gasteiger partial charge in [0.05, 0.1) is 0 Å². The molecule has 2 unspecified atom stereocenters. The van der Waals surface area contributed by atoms with Gasteiger partial charge in [-0.1, -0.05) is 32.6 Å². The highest BCUT2D eigenvalue weighted by Crippen LogP contribution is 2.34. The van der Waals surface area contributed by atoms with Crippen molar-refractivity contribution in [3.8, 4) is 0 Å². The standard InChI is InChI=1S/C13H27N/c1-5-7-11-8-6-9-12(11)10-14-13(2,3)4/h11-12,14H,5-10H2,1-4H3. The molecule has 1 N–H and O–H groups in total. The third kappa shape index (κ3) is 4.00. The fourth-order valence-corrected chi connectivity index (χ4v) is 2.57. The van der Waals surface area contributed by atoms with Crippen molar-refractivity contribution in [1.29, 1.82) is 0 Å². The van der Waals surface area contributed by atoms with E-state index in [2.05, 4.69) is 33.0 Å². The monoisotopic (exact) mass is 197 g/mol. The van der Waals surface area contributed by atoms with Gasteiger partial charge in [-0.25, -0.2) is 0 Å². The molecular formula is C13H27N. The van der Waals surface area contributed by atoms with E-state index in [0.717, 1.165) is 11.8 Å². The quantitative estimate of drug-likeness (QED) is 0.726. The smallest absolute Gasteiger partial charge is 0.00966 e. The average Bonchev–Trinajstić information content (AvgIpc) is 2.48. The zero-order valence-corrected chi connectivity index (χ0v) is 10.4. The van der Waals surface area contributed by atoms with Gasteiger partial charge in [-0.05, 0) is 45.6 Å². The molecule has 0 aliphatic heterocycles. The number of hydrogen-bond acceptors (Lipinski definition) is 1. The maximum absolute atomic E-state index is 3.65. The fourth-order valence-electron chi connectivity index (χ4n) is 2.57. The van der Waals surface area contributed by atoms with Crippen LogP contribution >= 0.6 is 0 Å². The van der Waals surface area contributed by atoms with E-state index in [-0.39, 0.29) is 0 Å². The molecule has 1 heteroatoms. The van der Waals surface area contributed by atoms with Gasteiger partial charge in [-0.3, -0.25) is 0 Å². The number of hydrogen-bond donors (Lipinski definition) is 1. The summed E-state index contributed by atoms with van der Waals surface area (Å²) in [6, 6.07) is 0. The van der Waals surface area contributed by atoms with E-state index in [0.29, 0.717) is 5.54 Å². The number of rotatable bonds is 4. The molecule has 0 saturated heterocycles. The highest BCUT2D eigenvalue weighted by Gasteiger charge is 2.26. The molecule has 0 amide bonds. The second-order valence-corrected chi connectivity index (χ2v) is 5.87. The molecule has 1 fully saturated rings. The maximum Gasteiger partial charge on any atom is 0.00966 e. The molecule has 0 aromatic carbocycles. The van der Waals surface area contributed by atoms with Gasteiger partial charge >= 0.3 is 0 Å². The zero-order valence-electron chi connectivity index (χ0n) is 10.4. The lowest BCUT2D eigenvalue weighted by atomic mass is 9.91. The van der Waals surface area contributed by atoms with Crippen LogP contribution in [0, 0.1) is 11.8 Å². The summed E-state index contributed by atoms with van der Waals surface area (Å²) < 4.78 is 0. The minimum Gasteiger partial charge on any atom is -0.312 e. The van der Waals surface area contributed by atoms with Crippen molar-refractivity contribution < 1.29 is 0 Å². The summed E-state index contributed by atoms with van der Waals surface area (Å²) in [6.45, 7) is 10.3. The molecule has 0 aromatic heterocycles. The van der Waals surface area contributed by atoms with Crippen LogP contribution in [0.25, 0.3) is 0 Å². The van der Waals surface area contributed by atoms with Crippen LogP contribution in [0.4, 0.5) is 0 Å². The first-order valence-electron chi connectivity index (χ1n) is 6.28. The lowest BCUT2D eigenvalue weighted by molar-refractivity contribution is 0.305. The molecule has 0 radical (unpaired) electrons. The van der Waals surface area contributed by atoms with Crippen molar-refractivity contribution in [3.63, 3.8) is 0 Å². The molecule has 0 heterocycles. The van der Waals surface area contributed by atoms with Crippen molar-refractivity contribution in [2.45, 2.75) is 65.3 Å². The third-order valence-electron chi connectivity index (χ3n) is 3.37. The average molecular weight is 197 g/mol. The Hall–Kier alpha value is -0.0400. The SMILES string of the molecule is CCCC1CCCC1CNC(C)(C)C. The van der Waals surface area contributed by atoms with Crippen LogP contribution in [0.5, 0.6) is 0 Å². The molecule has 0 spiro atoms. The second-order valence-electron chi connectivity index (χ2n) is 5.87. The summed E-state index contributed by atoms with van der Waals surface area (Å²) in [5, 5.41) is 3.65. The highest BCUT2D eigenvalue weighted by molar-refractivity contribution is 4.81. The minimum absolute atomic E-state index is 0.291. The van der Waals surface area contributed by atoms with Crippen LogP contribution in [-0.2, 0) is 0 Å². The van der Waals surface area contributed by atoms with Crippen LogP contribution in [-0.4, -0.2) is 12.1 Å². The second kappa shape index (κ2) is 5.16. The lowest BCUT2D eigenvalue weighted by Gasteiger charge is -2.26. The first-order valence-corrected chi connectivity index (χ1v) is 6.28. The van der Waals surface area contributed by atoms with E-state index >= 15 is 0 Å². The van der Waals surface area contributed by atoms with Crippen LogP contribution in [0.3, 0.4) is 0 Å². The summed E-state index contributed by atoms with van der Waals surface area (Å²) in [5.74, 6) is 1.96. The topological polar surface area (TPSA) is 12.0 Å². The predicted molar refractivity (Wildman–Crippen MR) is 63.5 cm³/mol. The normalized spacial score (nSPS) is 28.3. The minimum atomic E-state index is 0.291. The van der Waals surface area contributed by atoms with Crippen LogP contribution < -0.4 is 5.32 Å². The van der Waals surface area contributed by atoms with Gasteiger partial charge in [0.2, 0.25) is 0 Å². The Labute approximate surface area is 89.7 Å². The molecule has 1 aliphatic rings. The van der Waals surface area contributed by atoms with Crippen molar-refractivity contribution in [1.82, 2.24) is 5.32 Å². The largest absolute Gasteiger partial charge is 0.312 e. The van der Waals surface area contributed by atoms with Gasteiger partial charge in [0.1, 0.15) is 0 Å². The summed E-state index contributed by atoms with van der Waals surface area (Å²) in [4.78, 5) is 0. The maximum atomic E-state index is 3.65. The predicted octanol–water partition coefficient (Wildman–Crippen LogP) is 3.59. The molecule has 0 bridgehead atoms. The Balaban J connectivity index is 2.29. The molecule has 14 heavy (non-hydrogen) atoms. The molecule has 1 nitrogen and oxygen atoms in total. The molecule has 1 saturated carbocycles. The van der Waals surface area contributed by atoms with E-state index in [1.165, 1.54) is 38.6 Å². The highest BCUT2D eigenvalue weighted by atomic mass is 14.9. The Morgan fingerprint density at radius 2 is 1.79 bits per heavy atom. The number of nitrogens with one attached hydrogen (secondary N) is 1. The Morgan fingerprint density at radius 3 is 2.36 bits per heavy atom. The van der Waals surface area contributed by atoms with Gasteiger partial charge in [0.15, 0.2) is 0 Å². The van der Waals surface area contributed by atoms with Gasteiger partial charge in [0.25, 0.3) is 0 Å². The first kappa shape index (κ1) is 12.0.